The minimum absolute atomic E-state index is 0.00806. The highest BCUT2D eigenvalue weighted by molar-refractivity contribution is 6.30. The van der Waals surface area contributed by atoms with E-state index in [1.54, 1.807) is 29.7 Å². The fraction of sp³-hybridized carbons (Fsp3) is 0.133. The Labute approximate surface area is 129 Å². The number of hydrogen-bond acceptors (Lipinski definition) is 1. The van der Waals surface area contributed by atoms with E-state index in [-0.39, 0.29) is 22.4 Å². The third-order valence-electron chi connectivity index (χ3n) is 3.30. The third kappa shape index (κ3) is 2.28. The minimum atomic E-state index is -0.563. The Morgan fingerprint density at radius 2 is 2.00 bits per heavy atom. The van der Waals surface area contributed by atoms with Crippen LogP contribution in [0.25, 0.3) is 16.7 Å². The zero-order chi connectivity index (χ0) is 15.1. The Bertz CT molecular complexity index is 843. The average molecular weight is 327 g/mol. The number of imidazole rings is 1. The summed E-state index contributed by atoms with van der Waals surface area (Å²) in [6.07, 6.45) is 0. The van der Waals surface area contributed by atoms with Crippen LogP contribution in [-0.2, 0) is 5.88 Å². The monoisotopic (exact) mass is 326 g/mol. The second-order valence-corrected chi connectivity index (χ2v) is 5.33. The van der Waals surface area contributed by atoms with Crippen molar-refractivity contribution in [1.82, 2.24) is 9.55 Å². The maximum Gasteiger partial charge on any atom is 0.165 e. The lowest BCUT2D eigenvalue weighted by Crippen LogP contribution is -2.02. The fourth-order valence-electron chi connectivity index (χ4n) is 2.28. The van der Waals surface area contributed by atoms with Crippen LogP contribution in [0.4, 0.5) is 8.78 Å². The highest BCUT2D eigenvalue weighted by Gasteiger charge is 2.17. The molecule has 0 aliphatic heterocycles. The minimum Gasteiger partial charge on any atom is -0.292 e. The van der Waals surface area contributed by atoms with Crippen LogP contribution in [0.2, 0.25) is 5.02 Å². The van der Waals surface area contributed by atoms with Crippen LogP contribution in [0.15, 0.2) is 30.3 Å². The zero-order valence-electron chi connectivity index (χ0n) is 11.0. The molecule has 0 aliphatic carbocycles. The van der Waals surface area contributed by atoms with E-state index >= 15 is 0 Å². The summed E-state index contributed by atoms with van der Waals surface area (Å²) in [4.78, 5) is 4.26. The van der Waals surface area contributed by atoms with Crippen molar-refractivity contribution in [1.29, 1.82) is 0 Å². The summed E-state index contributed by atoms with van der Waals surface area (Å²) < 4.78 is 29.5. The predicted octanol–water partition coefficient (Wildman–Crippen LogP) is 5.00. The number of aryl methyl sites for hydroxylation is 1. The molecule has 0 spiro atoms. The molecule has 108 valence electrons. The summed E-state index contributed by atoms with van der Waals surface area (Å²) in [6, 6.07) is 7.62. The quantitative estimate of drug-likeness (QED) is 0.605. The van der Waals surface area contributed by atoms with Crippen molar-refractivity contribution >= 4 is 34.2 Å². The lowest BCUT2D eigenvalue weighted by molar-refractivity contribution is 0.617. The highest BCUT2D eigenvalue weighted by Crippen LogP contribution is 2.28. The molecule has 2 aromatic carbocycles. The van der Waals surface area contributed by atoms with Gasteiger partial charge in [-0.25, -0.2) is 13.8 Å². The number of alkyl halides is 1. The Morgan fingerprint density at radius 3 is 2.71 bits per heavy atom. The van der Waals surface area contributed by atoms with Gasteiger partial charge in [0.25, 0.3) is 0 Å². The molecule has 2 nitrogen and oxygen atoms in total. The van der Waals surface area contributed by atoms with Gasteiger partial charge >= 0.3 is 0 Å². The highest BCUT2D eigenvalue weighted by atomic mass is 35.5. The van der Waals surface area contributed by atoms with Gasteiger partial charge in [0, 0.05) is 6.07 Å². The van der Waals surface area contributed by atoms with Crippen molar-refractivity contribution < 1.29 is 8.78 Å². The number of nitrogens with zero attached hydrogens (tertiary/aromatic N) is 2. The van der Waals surface area contributed by atoms with Crippen molar-refractivity contribution in [2.45, 2.75) is 12.8 Å². The first kappa shape index (κ1) is 14.3. The van der Waals surface area contributed by atoms with Gasteiger partial charge in [-0.05, 0) is 30.7 Å². The van der Waals surface area contributed by atoms with Crippen LogP contribution in [0.5, 0.6) is 0 Å². The summed E-state index contributed by atoms with van der Waals surface area (Å²) in [6.45, 7) is 1.64. The molecule has 0 atom stereocenters. The van der Waals surface area contributed by atoms with Gasteiger partial charge in [-0.3, -0.25) is 4.57 Å². The van der Waals surface area contributed by atoms with E-state index in [4.69, 9.17) is 23.2 Å². The van der Waals surface area contributed by atoms with Gasteiger partial charge in [0.15, 0.2) is 5.82 Å². The van der Waals surface area contributed by atoms with E-state index in [0.717, 1.165) is 0 Å². The number of benzene rings is 2. The van der Waals surface area contributed by atoms with E-state index in [1.165, 1.54) is 12.1 Å². The lowest BCUT2D eigenvalue weighted by atomic mass is 10.2. The van der Waals surface area contributed by atoms with Gasteiger partial charge in [-0.2, -0.15) is 0 Å². The summed E-state index contributed by atoms with van der Waals surface area (Å²) in [5, 5.41) is 0.00806. The number of hydrogen-bond donors (Lipinski definition) is 0. The molecular weight excluding hydrogens is 317 g/mol. The molecule has 3 rings (SSSR count). The SMILES string of the molecule is Cc1cc2c(cc1F)nc(CCl)n2-c1cccc(Cl)c1F. The normalized spacial score (nSPS) is 11.3. The van der Waals surface area contributed by atoms with Gasteiger partial charge < -0.3 is 0 Å². The molecule has 0 saturated carbocycles. The molecule has 0 bridgehead atoms. The molecule has 0 unspecified atom stereocenters. The molecular formula is C15H10Cl2F2N2. The Balaban J connectivity index is 2.40. The van der Waals surface area contributed by atoms with Crippen molar-refractivity contribution in [2.24, 2.45) is 0 Å². The molecule has 0 radical (unpaired) electrons. The van der Waals surface area contributed by atoms with Crippen LogP contribution in [0.3, 0.4) is 0 Å². The van der Waals surface area contributed by atoms with Crippen molar-refractivity contribution in [2.75, 3.05) is 0 Å². The Morgan fingerprint density at radius 1 is 1.24 bits per heavy atom. The molecule has 1 heterocycles. The Kier molecular flexibility index (Phi) is 3.59. The van der Waals surface area contributed by atoms with E-state index in [9.17, 15) is 8.78 Å². The lowest BCUT2D eigenvalue weighted by Gasteiger charge is -2.10. The summed E-state index contributed by atoms with van der Waals surface area (Å²) >= 11 is 11.7. The molecule has 1 aromatic heterocycles. The van der Waals surface area contributed by atoms with Gasteiger partial charge in [0.05, 0.1) is 27.6 Å². The van der Waals surface area contributed by atoms with Gasteiger partial charge in [-0.1, -0.05) is 17.7 Å². The molecule has 0 aliphatic rings. The van der Waals surface area contributed by atoms with Crippen molar-refractivity contribution in [3.05, 3.63) is 58.4 Å². The fourth-order valence-corrected chi connectivity index (χ4v) is 2.62. The predicted molar refractivity (Wildman–Crippen MR) is 80.3 cm³/mol. The summed E-state index contributed by atoms with van der Waals surface area (Å²) in [5.74, 6) is -0.425. The zero-order valence-corrected chi connectivity index (χ0v) is 12.5. The standard InChI is InChI=1S/C15H10Cl2F2N2/c1-8-5-13-11(6-10(8)18)20-14(7-16)21(13)12-4-2-3-9(17)15(12)19/h2-6H,7H2,1H3. The van der Waals surface area contributed by atoms with Crippen LogP contribution < -0.4 is 0 Å². The first-order valence-corrected chi connectivity index (χ1v) is 7.12. The first-order valence-electron chi connectivity index (χ1n) is 6.20. The number of aromatic nitrogens is 2. The Hall–Kier alpha value is -1.65. The maximum absolute atomic E-state index is 14.3. The molecule has 0 fully saturated rings. The first-order chi connectivity index (χ1) is 10.0. The topological polar surface area (TPSA) is 17.8 Å². The summed E-state index contributed by atoms with van der Waals surface area (Å²) in [7, 11) is 0. The van der Waals surface area contributed by atoms with E-state index in [0.29, 0.717) is 22.4 Å². The smallest absolute Gasteiger partial charge is 0.165 e. The number of halogens is 4. The van der Waals surface area contributed by atoms with Gasteiger partial charge in [0.2, 0.25) is 0 Å². The largest absolute Gasteiger partial charge is 0.292 e. The molecule has 3 aromatic rings. The van der Waals surface area contributed by atoms with E-state index < -0.39 is 5.82 Å². The van der Waals surface area contributed by atoms with Crippen molar-refractivity contribution in [3.8, 4) is 5.69 Å². The molecule has 21 heavy (non-hydrogen) atoms. The second kappa shape index (κ2) is 5.28. The molecule has 0 saturated heterocycles. The second-order valence-electron chi connectivity index (χ2n) is 4.66. The molecule has 6 heteroatoms. The van der Waals surface area contributed by atoms with Crippen molar-refractivity contribution in [3.63, 3.8) is 0 Å². The van der Waals surface area contributed by atoms with Crippen LogP contribution in [-0.4, -0.2) is 9.55 Å². The molecule has 0 N–H and O–H groups in total. The van der Waals surface area contributed by atoms with Crippen LogP contribution >= 0.6 is 23.2 Å². The van der Waals surface area contributed by atoms with Gasteiger partial charge in [0.1, 0.15) is 11.6 Å². The number of rotatable bonds is 2. The third-order valence-corrected chi connectivity index (χ3v) is 3.83. The average Bonchev–Trinajstić information content (AvgIpc) is 2.80. The van der Waals surface area contributed by atoms with Crippen LogP contribution in [0, 0.1) is 18.6 Å². The van der Waals surface area contributed by atoms with E-state index in [2.05, 4.69) is 4.98 Å². The van der Waals surface area contributed by atoms with Gasteiger partial charge in [-0.15, -0.1) is 11.6 Å². The molecule has 0 amide bonds. The summed E-state index contributed by atoms with van der Waals surface area (Å²) in [5.41, 5.74) is 1.71. The maximum atomic E-state index is 14.3. The van der Waals surface area contributed by atoms with E-state index in [1.807, 2.05) is 0 Å². The van der Waals surface area contributed by atoms with Crippen LogP contribution in [0.1, 0.15) is 11.4 Å². The number of fused-ring (bicyclic) bond motifs is 1.